The number of ketones is 1. The molecule has 0 bridgehead atoms. The number of hydrogen-bond acceptors (Lipinski definition) is 5. The summed E-state index contributed by atoms with van der Waals surface area (Å²) >= 11 is 0. The fraction of sp³-hybridized carbons (Fsp3) is 0.429. The minimum atomic E-state index is -0.635. The Labute approximate surface area is 212 Å². The van der Waals surface area contributed by atoms with Crippen LogP contribution in [0.25, 0.3) is 10.9 Å². The SMILES string of the molecule is COc1ccc2[nH]c(C)c(CC(=O)N[C@@H](CCCCCC(C)=O)C(=O)NCCc3cccnc3)c2c1. The zero-order valence-electron chi connectivity index (χ0n) is 21.4. The van der Waals surface area contributed by atoms with Crippen LogP contribution in [0.2, 0.25) is 0 Å². The summed E-state index contributed by atoms with van der Waals surface area (Å²) in [5.41, 5.74) is 3.77. The van der Waals surface area contributed by atoms with Crippen molar-refractivity contribution < 1.29 is 19.1 Å². The first-order valence-electron chi connectivity index (χ1n) is 12.5. The van der Waals surface area contributed by atoms with Crippen LogP contribution in [-0.4, -0.2) is 47.3 Å². The number of nitrogens with zero attached hydrogens (tertiary/aromatic N) is 1. The van der Waals surface area contributed by atoms with Crippen molar-refractivity contribution in [3.8, 4) is 5.75 Å². The molecule has 8 nitrogen and oxygen atoms in total. The Morgan fingerprint density at radius 3 is 2.69 bits per heavy atom. The van der Waals surface area contributed by atoms with Gasteiger partial charge in [-0.05, 0) is 68.5 Å². The molecule has 0 fully saturated rings. The molecule has 0 spiro atoms. The number of carbonyl (C=O) groups excluding carboxylic acids is 3. The number of fused-ring (bicyclic) bond motifs is 1. The van der Waals surface area contributed by atoms with Gasteiger partial charge in [0.2, 0.25) is 11.8 Å². The van der Waals surface area contributed by atoms with E-state index in [4.69, 9.17) is 4.74 Å². The molecule has 3 rings (SSSR count). The fourth-order valence-corrected chi connectivity index (χ4v) is 4.29. The number of ether oxygens (including phenoxy) is 1. The summed E-state index contributed by atoms with van der Waals surface area (Å²) < 4.78 is 5.34. The Bertz CT molecular complexity index is 1170. The lowest BCUT2D eigenvalue weighted by atomic mass is 10.0. The molecule has 8 heteroatoms. The average Bonchev–Trinajstić information content (AvgIpc) is 3.17. The third kappa shape index (κ3) is 7.93. The van der Waals surface area contributed by atoms with E-state index in [-0.39, 0.29) is 24.0 Å². The van der Waals surface area contributed by atoms with Crippen LogP contribution in [0.5, 0.6) is 5.75 Å². The number of pyridine rings is 1. The molecule has 3 aromatic rings. The number of H-pyrrole nitrogens is 1. The summed E-state index contributed by atoms with van der Waals surface area (Å²) in [5.74, 6) is 0.479. The number of methoxy groups -OCH3 is 1. The van der Waals surface area contributed by atoms with Crippen molar-refractivity contribution in [3.63, 3.8) is 0 Å². The van der Waals surface area contributed by atoms with E-state index in [1.807, 2.05) is 37.3 Å². The van der Waals surface area contributed by atoms with Crippen molar-refractivity contribution in [1.82, 2.24) is 20.6 Å². The molecule has 2 aromatic heterocycles. The van der Waals surface area contributed by atoms with Crippen molar-refractivity contribution in [2.45, 2.75) is 64.8 Å². The number of aromatic nitrogens is 2. The van der Waals surface area contributed by atoms with Crippen LogP contribution in [-0.2, 0) is 27.2 Å². The summed E-state index contributed by atoms with van der Waals surface area (Å²) in [5, 5.41) is 6.83. The average molecular weight is 493 g/mol. The van der Waals surface area contributed by atoms with Gasteiger partial charge < -0.3 is 25.1 Å². The first-order chi connectivity index (χ1) is 17.4. The first-order valence-corrected chi connectivity index (χ1v) is 12.5. The van der Waals surface area contributed by atoms with Crippen LogP contribution in [0.15, 0.2) is 42.7 Å². The molecule has 1 atom stereocenters. The quantitative estimate of drug-likeness (QED) is 0.296. The van der Waals surface area contributed by atoms with E-state index in [1.54, 1.807) is 26.4 Å². The first kappa shape index (κ1) is 26.9. The van der Waals surface area contributed by atoms with Gasteiger partial charge in [-0.15, -0.1) is 0 Å². The molecular formula is C28H36N4O4. The number of amides is 2. The molecule has 0 aliphatic heterocycles. The number of aryl methyl sites for hydroxylation is 1. The smallest absolute Gasteiger partial charge is 0.242 e. The summed E-state index contributed by atoms with van der Waals surface area (Å²) in [6, 6.07) is 8.92. The van der Waals surface area contributed by atoms with Crippen molar-refractivity contribution in [1.29, 1.82) is 0 Å². The second kappa shape index (κ2) is 13.4. The highest BCUT2D eigenvalue weighted by molar-refractivity contribution is 5.93. The summed E-state index contributed by atoms with van der Waals surface area (Å²) in [6.07, 6.45) is 7.73. The van der Waals surface area contributed by atoms with Gasteiger partial charge in [0.25, 0.3) is 0 Å². The van der Waals surface area contributed by atoms with Gasteiger partial charge in [-0.1, -0.05) is 18.9 Å². The number of unbranched alkanes of at least 4 members (excludes halogenated alkanes) is 2. The second-order valence-electron chi connectivity index (χ2n) is 9.14. The summed E-state index contributed by atoms with van der Waals surface area (Å²) in [6.45, 7) is 3.98. The molecule has 192 valence electrons. The minimum absolute atomic E-state index is 0.156. The highest BCUT2D eigenvalue weighted by Gasteiger charge is 2.22. The Morgan fingerprint density at radius 1 is 1.14 bits per heavy atom. The number of benzene rings is 1. The van der Waals surface area contributed by atoms with Gasteiger partial charge in [0.1, 0.15) is 17.6 Å². The standard InChI is InChI=1S/C28H36N4O4/c1-19(33)8-5-4-6-10-26(28(35)30-15-13-21-9-7-14-29-18-21)32-27(34)17-23-20(2)31-25-12-11-22(36-3)16-24(23)25/h7,9,11-12,14,16,18,26,31H,4-6,8,10,13,15,17H2,1-3H3,(H,30,35)(H,32,34)/t26-/m0/s1. The lowest BCUT2D eigenvalue weighted by molar-refractivity contribution is -0.128. The van der Waals surface area contributed by atoms with Crippen LogP contribution in [0.3, 0.4) is 0 Å². The Morgan fingerprint density at radius 2 is 1.97 bits per heavy atom. The lowest BCUT2D eigenvalue weighted by Gasteiger charge is -2.19. The minimum Gasteiger partial charge on any atom is -0.497 e. The van der Waals surface area contributed by atoms with Gasteiger partial charge in [0.15, 0.2) is 0 Å². The van der Waals surface area contributed by atoms with E-state index < -0.39 is 6.04 Å². The Kier molecular flexibility index (Phi) is 10.0. The predicted octanol–water partition coefficient (Wildman–Crippen LogP) is 3.81. The molecule has 3 N–H and O–H groups in total. The topological polar surface area (TPSA) is 113 Å². The van der Waals surface area contributed by atoms with E-state index in [0.29, 0.717) is 25.8 Å². The number of hydrogen-bond donors (Lipinski definition) is 3. The van der Waals surface area contributed by atoms with Crippen LogP contribution in [0, 0.1) is 6.92 Å². The Balaban J connectivity index is 1.63. The molecule has 1 aromatic carbocycles. The van der Waals surface area contributed by atoms with E-state index in [2.05, 4.69) is 20.6 Å². The van der Waals surface area contributed by atoms with Gasteiger partial charge in [-0.25, -0.2) is 0 Å². The zero-order chi connectivity index (χ0) is 25.9. The van der Waals surface area contributed by atoms with E-state index in [9.17, 15) is 14.4 Å². The van der Waals surface area contributed by atoms with Crippen molar-refractivity contribution in [2.75, 3.05) is 13.7 Å². The Hall–Kier alpha value is -3.68. The second-order valence-corrected chi connectivity index (χ2v) is 9.14. The molecule has 0 aliphatic rings. The largest absolute Gasteiger partial charge is 0.497 e. The predicted molar refractivity (Wildman–Crippen MR) is 140 cm³/mol. The molecule has 0 radical (unpaired) electrons. The van der Waals surface area contributed by atoms with Gasteiger partial charge in [0.05, 0.1) is 13.5 Å². The molecule has 0 saturated heterocycles. The number of nitrogens with one attached hydrogen (secondary N) is 3. The molecule has 0 aliphatic carbocycles. The van der Waals surface area contributed by atoms with Gasteiger partial charge in [-0.3, -0.25) is 14.6 Å². The number of rotatable bonds is 14. The number of carbonyl (C=O) groups is 3. The number of Topliss-reactive ketones (excluding diaryl/α,β-unsaturated/α-hetero) is 1. The van der Waals surface area contributed by atoms with Crippen molar-refractivity contribution in [2.24, 2.45) is 0 Å². The molecule has 36 heavy (non-hydrogen) atoms. The number of aromatic amines is 1. The third-order valence-corrected chi connectivity index (χ3v) is 6.27. The zero-order valence-corrected chi connectivity index (χ0v) is 21.4. The van der Waals surface area contributed by atoms with Gasteiger partial charge in [0, 0.05) is 42.0 Å². The molecule has 2 amide bonds. The van der Waals surface area contributed by atoms with Gasteiger partial charge in [-0.2, -0.15) is 0 Å². The van der Waals surface area contributed by atoms with Crippen LogP contribution < -0.4 is 15.4 Å². The molecule has 0 unspecified atom stereocenters. The summed E-state index contributed by atoms with van der Waals surface area (Å²) in [7, 11) is 1.61. The van der Waals surface area contributed by atoms with E-state index in [1.165, 1.54) is 0 Å². The highest BCUT2D eigenvalue weighted by Crippen LogP contribution is 2.26. The van der Waals surface area contributed by atoms with E-state index >= 15 is 0 Å². The fourth-order valence-electron chi connectivity index (χ4n) is 4.29. The lowest BCUT2D eigenvalue weighted by Crippen LogP contribution is -2.47. The molecule has 2 heterocycles. The van der Waals surface area contributed by atoms with Gasteiger partial charge >= 0.3 is 0 Å². The van der Waals surface area contributed by atoms with Crippen LogP contribution >= 0.6 is 0 Å². The maximum absolute atomic E-state index is 13.1. The normalized spacial score (nSPS) is 11.8. The third-order valence-electron chi connectivity index (χ3n) is 6.27. The summed E-state index contributed by atoms with van der Waals surface area (Å²) in [4.78, 5) is 44.7. The molecular weight excluding hydrogens is 456 g/mol. The molecule has 0 saturated carbocycles. The van der Waals surface area contributed by atoms with E-state index in [0.717, 1.165) is 52.7 Å². The van der Waals surface area contributed by atoms with Crippen LogP contribution in [0.1, 0.15) is 55.8 Å². The maximum atomic E-state index is 13.1. The maximum Gasteiger partial charge on any atom is 0.242 e. The monoisotopic (exact) mass is 492 g/mol. The highest BCUT2D eigenvalue weighted by atomic mass is 16.5. The van der Waals surface area contributed by atoms with Crippen molar-refractivity contribution in [3.05, 3.63) is 59.5 Å². The van der Waals surface area contributed by atoms with Crippen molar-refractivity contribution >= 4 is 28.5 Å². The van der Waals surface area contributed by atoms with Crippen LogP contribution in [0.4, 0.5) is 0 Å².